The van der Waals surface area contributed by atoms with Gasteiger partial charge in [-0.05, 0) is 48.5 Å². The highest BCUT2D eigenvalue weighted by atomic mass is 19.1. The van der Waals surface area contributed by atoms with E-state index in [1.54, 1.807) is 60.7 Å². The number of hydrogen-bond acceptors (Lipinski definition) is 4. The molecule has 0 bridgehead atoms. The van der Waals surface area contributed by atoms with Crippen molar-refractivity contribution in [1.82, 2.24) is 0 Å². The van der Waals surface area contributed by atoms with E-state index in [4.69, 9.17) is 4.74 Å². The molecule has 0 unspecified atom stereocenters. The minimum absolute atomic E-state index is 0.0863. The van der Waals surface area contributed by atoms with Gasteiger partial charge in [-0.3, -0.25) is 9.59 Å². The van der Waals surface area contributed by atoms with Crippen LogP contribution in [0.3, 0.4) is 0 Å². The molecule has 0 fully saturated rings. The molecule has 0 aromatic heterocycles. The van der Waals surface area contributed by atoms with Crippen LogP contribution in [0.5, 0.6) is 5.75 Å². The summed E-state index contributed by atoms with van der Waals surface area (Å²) >= 11 is 0. The molecular formula is C22H20FN3O3. The van der Waals surface area contributed by atoms with Crippen molar-refractivity contribution >= 4 is 28.9 Å². The summed E-state index contributed by atoms with van der Waals surface area (Å²) in [5.74, 6) is -0.495. The van der Waals surface area contributed by atoms with E-state index in [2.05, 4.69) is 16.0 Å². The number of para-hydroxylation sites is 3. The van der Waals surface area contributed by atoms with E-state index in [1.807, 2.05) is 6.07 Å². The Morgan fingerprint density at radius 1 is 0.862 bits per heavy atom. The van der Waals surface area contributed by atoms with Crippen LogP contribution in [0, 0.1) is 5.82 Å². The maximum absolute atomic E-state index is 13.6. The number of methoxy groups -OCH3 is 1. The predicted octanol–water partition coefficient (Wildman–Crippen LogP) is 4.14. The molecule has 0 saturated carbocycles. The van der Waals surface area contributed by atoms with Gasteiger partial charge in [0.1, 0.15) is 11.6 Å². The highest BCUT2D eigenvalue weighted by molar-refractivity contribution is 6.05. The van der Waals surface area contributed by atoms with Crippen LogP contribution in [0.15, 0.2) is 72.8 Å². The average Bonchev–Trinajstić information content (AvgIpc) is 2.74. The number of ether oxygens (including phenoxy) is 1. The average molecular weight is 393 g/mol. The van der Waals surface area contributed by atoms with E-state index in [9.17, 15) is 14.0 Å². The summed E-state index contributed by atoms with van der Waals surface area (Å²) in [6.07, 6.45) is 0. The number of carbonyl (C=O) groups excluding carboxylic acids is 2. The molecule has 0 radical (unpaired) electrons. The third-order valence-electron chi connectivity index (χ3n) is 4.10. The zero-order chi connectivity index (χ0) is 20.6. The van der Waals surface area contributed by atoms with Crippen LogP contribution in [0.2, 0.25) is 0 Å². The monoisotopic (exact) mass is 393 g/mol. The van der Waals surface area contributed by atoms with Gasteiger partial charge in [-0.25, -0.2) is 4.39 Å². The molecule has 29 heavy (non-hydrogen) atoms. The summed E-state index contributed by atoms with van der Waals surface area (Å²) in [5, 5.41) is 8.21. The van der Waals surface area contributed by atoms with E-state index in [0.717, 1.165) is 0 Å². The summed E-state index contributed by atoms with van der Waals surface area (Å²) in [4.78, 5) is 24.4. The first-order valence-corrected chi connectivity index (χ1v) is 8.89. The first-order chi connectivity index (χ1) is 14.1. The SMILES string of the molecule is COc1ccccc1NC(=O)c1ccc(NC(=O)CNc2ccccc2F)cc1. The largest absolute Gasteiger partial charge is 0.495 e. The Hall–Kier alpha value is -3.87. The van der Waals surface area contributed by atoms with Crippen LogP contribution in [-0.2, 0) is 4.79 Å². The zero-order valence-corrected chi connectivity index (χ0v) is 15.7. The number of nitrogens with one attached hydrogen (secondary N) is 3. The molecule has 0 aliphatic carbocycles. The van der Waals surface area contributed by atoms with Crippen molar-refractivity contribution in [3.05, 3.63) is 84.2 Å². The fourth-order valence-corrected chi connectivity index (χ4v) is 2.63. The Morgan fingerprint density at radius 2 is 1.52 bits per heavy atom. The molecule has 7 heteroatoms. The highest BCUT2D eigenvalue weighted by Crippen LogP contribution is 2.24. The van der Waals surface area contributed by atoms with E-state index in [0.29, 0.717) is 22.7 Å². The van der Waals surface area contributed by atoms with Crippen LogP contribution < -0.4 is 20.7 Å². The molecule has 0 aliphatic heterocycles. The smallest absolute Gasteiger partial charge is 0.255 e. The fourth-order valence-electron chi connectivity index (χ4n) is 2.63. The predicted molar refractivity (Wildman–Crippen MR) is 111 cm³/mol. The quantitative estimate of drug-likeness (QED) is 0.564. The molecule has 6 nitrogen and oxygen atoms in total. The number of hydrogen-bond donors (Lipinski definition) is 3. The molecule has 3 N–H and O–H groups in total. The van der Waals surface area contributed by atoms with Gasteiger partial charge in [0, 0.05) is 11.3 Å². The van der Waals surface area contributed by atoms with Gasteiger partial charge in [0.15, 0.2) is 0 Å². The molecule has 0 saturated heterocycles. The Labute approximate surface area is 167 Å². The van der Waals surface area contributed by atoms with Crippen molar-refractivity contribution < 1.29 is 18.7 Å². The highest BCUT2D eigenvalue weighted by Gasteiger charge is 2.10. The van der Waals surface area contributed by atoms with Gasteiger partial charge >= 0.3 is 0 Å². The summed E-state index contributed by atoms with van der Waals surface area (Å²) in [6, 6.07) is 19.7. The summed E-state index contributed by atoms with van der Waals surface area (Å²) in [7, 11) is 1.53. The van der Waals surface area contributed by atoms with E-state index < -0.39 is 5.82 Å². The van der Waals surface area contributed by atoms with Crippen molar-refractivity contribution in [2.24, 2.45) is 0 Å². The molecule has 0 atom stereocenters. The van der Waals surface area contributed by atoms with Crippen LogP contribution in [0.1, 0.15) is 10.4 Å². The van der Waals surface area contributed by atoms with Gasteiger partial charge < -0.3 is 20.7 Å². The number of carbonyl (C=O) groups is 2. The zero-order valence-electron chi connectivity index (χ0n) is 15.7. The maximum Gasteiger partial charge on any atom is 0.255 e. The van der Waals surface area contributed by atoms with E-state index in [-0.39, 0.29) is 24.0 Å². The Balaban J connectivity index is 1.56. The van der Waals surface area contributed by atoms with E-state index in [1.165, 1.54) is 13.2 Å². The molecule has 0 heterocycles. The summed E-state index contributed by atoms with van der Waals surface area (Å²) in [5.41, 5.74) is 1.78. The Kier molecular flexibility index (Phi) is 6.42. The number of rotatable bonds is 7. The second kappa shape index (κ2) is 9.36. The molecule has 148 valence electrons. The molecule has 3 aromatic rings. The molecule has 0 aliphatic rings. The second-order valence-corrected chi connectivity index (χ2v) is 6.11. The van der Waals surface area contributed by atoms with Crippen molar-refractivity contribution in [1.29, 1.82) is 0 Å². The van der Waals surface area contributed by atoms with Crippen molar-refractivity contribution in [2.45, 2.75) is 0 Å². The Morgan fingerprint density at radius 3 is 2.21 bits per heavy atom. The van der Waals surface area contributed by atoms with Crippen LogP contribution in [-0.4, -0.2) is 25.5 Å². The lowest BCUT2D eigenvalue weighted by Gasteiger charge is -2.11. The summed E-state index contributed by atoms with van der Waals surface area (Å²) < 4.78 is 18.8. The number of amides is 2. The standard InChI is InChI=1S/C22H20FN3O3/c1-29-20-9-5-4-8-19(20)26-22(28)15-10-12-16(13-11-15)25-21(27)14-24-18-7-3-2-6-17(18)23/h2-13,24H,14H2,1H3,(H,25,27)(H,26,28). The molecular weight excluding hydrogens is 373 g/mol. The van der Waals surface area contributed by atoms with Gasteiger partial charge in [-0.2, -0.15) is 0 Å². The normalized spacial score (nSPS) is 10.1. The van der Waals surface area contributed by atoms with Gasteiger partial charge in [0.25, 0.3) is 5.91 Å². The number of anilines is 3. The third kappa shape index (κ3) is 5.32. The first kappa shape index (κ1) is 19.9. The lowest BCUT2D eigenvalue weighted by atomic mass is 10.2. The number of halogens is 1. The maximum atomic E-state index is 13.6. The molecule has 0 spiro atoms. The fraction of sp³-hybridized carbons (Fsp3) is 0.0909. The van der Waals surface area contributed by atoms with Gasteiger partial charge in [-0.1, -0.05) is 24.3 Å². The third-order valence-corrected chi connectivity index (χ3v) is 4.10. The van der Waals surface area contributed by atoms with Crippen molar-refractivity contribution in [3.8, 4) is 5.75 Å². The van der Waals surface area contributed by atoms with Gasteiger partial charge in [-0.15, -0.1) is 0 Å². The topological polar surface area (TPSA) is 79.5 Å². The molecule has 3 rings (SSSR count). The van der Waals surface area contributed by atoms with Gasteiger partial charge in [0.05, 0.1) is 25.0 Å². The molecule has 2 amide bonds. The van der Waals surface area contributed by atoms with Crippen LogP contribution in [0.25, 0.3) is 0 Å². The summed E-state index contributed by atoms with van der Waals surface area (Å²) in [6.45, 7) is -0.0863. The lowest BCUT2D eigenvalue weighted by Crippen LogP contribution is -2.22. The minimum Gasteiger partial charge on any atom is -0.495 e. The van der Waals surface area contributed by atoms with Gasteiger partial charge in [0.2, 0.25) is 5.91 Å². The molecule has 3 aromatic carbocycles. The lowest BCUT2D eigenvalue weighted by molar-refractivity contribution is -0.114. The Bertz CT molecular complexity index is 1010. The van der Waals surface area contributed by atoms with Crippen molar-refractivity contribution in [2.75, 3.05) is 29.6 Å². The van der Waals surface area contributed by atoms with E-state index >= 15 is 0 Å². The number of benzene rings is 3. The van der Waals surface area contributed by atoms with Crippen LogP contribution in [0.4, 0.5) is 21.5 Å². The second-order valence-electron chi connectivity index (χ2n) is 6.11. The van der Waals surface area contributed by atoms with Crippen molar-refractivity contribution in [3.63, 3.8) is 0 Å². The van der Waals surface area contributed by atoms with Crippen LogP contribution >= 0.6 is 0 Å². The first-order valence-electron chi connectivity index (χ1n) is 8.89. The minimum atomic E-state index is -0.425.